The molecule has 0 radical (unpaired) electrons. The first-order valence-corrected chi connectivity index (χ1v) is 12.3. The molecule has 0 aliphatic heterocycles. The maximum Gasteiger partial charge on any atom is 0.268 e. The Hall–Kier alpha value is -2.86. The fourth-order valence-corrected chi connectivity index (χ4v) is 5.91. The van der Waals surface area contributed by atoms with Crippen LogP contribution in [0.2, 0.25) is 5.02 Å². The molecule has 32 heavy (non-hydrogen) atoms. The lowest BCUT2D eigenvalue weighted by Gasteiger charge is -2.13. The fraction of sp³-hybridized carbons (Fsp3) is 0.0769. The number of nitrogens with zero attached hydrogens (tertiary/aromatic N) is 2. The minimum atomic E-state index is -0.0389. The van der Waals surface area contributed by atoms with Crippen molar-refractivity contribution in [1.82, 2.24) is 9.55 Å². The van der Waals surface area contributed by atoms with Gasteiger partial charge in [0.1, 0.15) is 4.83 Å². The molecule has 0 saturated carbocycles. The van der Waals surface area contributed by atoms with Gasteiger partial charge in [-0.05, 0) is 42.3 Å². The number of para-hydroxylation sites is 1. The highest BCUT2D eigenvalue weighted by molar-refractivity contribution is 7.98. The molecule has 0 aliphatic carbocycles. The van der Waals surface area contributed by atoms with Gasteiger partial charge in [0.2, 0.25) is 0 Å². The summed E-state index contributed by atoms with van der Waals surface area (Å²) in [5.41, 5.74) is 3.91. The minimum absolute atomic E-state index is 0.0389. The smallest absolute Gasteiger partial charge is 0.268 e. The number of thioether (sulfide) groups is 1. The standard InChI is InChI=1S/C26H19ClN2OS2/c1-17-22(19-8-4-2-5-9-19)23-24(32-17)28-26(31-16-18-12-14-20(27)15-13-18)29(25(23)30)21-10-6-3-7-11-21/h2-15H,16H2,1H3. The van der Waals surface area contributed by atoms with E-state index < -0.39 is 0 Å². The quantitative estimate of drug-likeness (QED) is 0.197. The lowest BCUT2D eigenvalue weighted by atomic mass is 10.0. The molecule has 0 fully saturated rings. The monoisotopic (exact) mass is 474 g/mol. The number of hydrogen-bond acceptors (Lipinski definition) is 4. The van der Waals surface area contributed by atoms with Crippen LogP contribution >= 0.6 is 34.7 Å². The second-order valence-corrected chi connectivity index (χ2v) is 9.95. The molecule has 6 heteroatoms. The third-order valence-corrected chi connectivity index (χ3v) is 7.49. The van der Waals surface area contributed by atoms with E-state index in [-0.39, 0.29) is 5.56 Å². The second-order valence-electron chi connectivity index (χ2n) is 7.37. The topological polar surface area (TPSA) is 34.9 Å². The molecule has 2 aromatic heterocycles. The number of aromatic nitrogens is 2. The zero-order chi connectivity index (χ0) is 22.1. The third-order valence-electron chi connectivity index (χ3n) is 5.23. The van der Waals surface area contributed by atoms with E-state index in [1.54, 1.807) is 27.7 Å². The molecule has 0 atom stereocenters. The molecule has 5 rings (SSSR count). The number of fused-ring (bicyclic) bond motifs is 1. The largest absolute Gasteiger partial charge is 0.268 e. The number of benzene rings is 3. The molecule has 5 aromatic rings. The van der Waals surface area contributed by atoms with Gasteiger partial charge < -0.3 is 0 Å². The zero-order valence-electron chi connectivity index (χ0n) is 17.3. The van der Waals surface area contributed by atoms with E-state index in [0.717, 1.165) is 32.1 Å². The van der Waals surface area contributed by atoms with Crippen molar-refractivity contribution in [2.75, 3.05) is 0 Å². The summed E-state index contributed by atoms with van der Waals surface area (Å²) in [7, 11) is 0. The zero-order valence-corrected chi connectivity index (χ0v) is 19.7. The highest BCUT2D eigenvalue weighted by Crippen LogP contribution is 2.37. The molecule has 158 valence electrons. The van der Waals surface area contributed by atoms with Crippen molar-refractivity contribution < 1.29 is 0 Å². The number of aryl methyl sites for hydroxylation is 1. The van der Waals surface area contributed by atoms with E-state index in [1.165, 1.54) is 0 Å². The normalized spacial score (nSPS) is 11.2. The van der Waals surface area contributed by atoms with Gasteiger partial charge in [0.05, 0.1) is 11.1 Å². The summed E-state index contributed by atoms with van der Waals surface area (Å²) in [5.74, 6) is 0.692. The van der Waals surface area contributed by atoms with Gasteiger partial charge in [-0.2, -0.15) is 0 Å². The maximum absolute atomic E-state index is 13.9. The molecular weight excluding hydrogens is 456 g/mol. The fourth-order valence-electron chi connectivity index (χ4n) is 3.73. The van der Waals surface area contributed by atoms with Gasteiger partial charge in [-0.15, -0.1) is 11.3 Å². The Morgan fingerprint density at radius 2 is 1.59 bits per heavy atom. The summed E-state index contributed by atoms with van der Waals surface area (Å²) in [6.07, 6.45) is 0. The van der Waals surface area contributed by atoms with E-state index in [4.69, 9.17) is 16.6 Å². The molecule has 3 nitrogen and oxygen atoms in total. The number of rotatable bonds is 5. The van der Waals surface area contributed by atoms with Gasteiger partial charge in [0, 0.05) is 21.2 Å². The Morgan fingerprint density at radius 3 is 2.28 bits per heavy atom. The first-order valence-electron chi connectivity index (χ1n) is 10.2. The molecule has 0 spiro atoms. The van der Waals surface area contributed by atoms with Crippen LogP contribution in [-0.2, 0) is 5.75 Å². The molecule has 0 aliphatic rings. The molecule has 0 unspecified atom stereocenters. The highest BCUT2D eigenvalue weighted by atomic mass is 35.5. The van der Waals surface area contributed by atoms with Gasteiger partial charge in [-0.25, -0.2) is 4.98 Å². The van der Waals surface area contributed by atoms with Gasteiger partial charge in [0.25, 0.3) is 5.56 Å². The molecular formula is C26H19ClN2OS2. The number of hydrogen-bond donors (Lipinski definition) is 0. The predicted molar refractivity (Wildman–Crippen MR) is 136 cm³/mol. The van der Waals surface area contributed by atoms with Crippen LogP contribution in [0, 0.1) is 6.92 Å². The average Bonchev–Trinajstić information content (AvgIpc) is 3.16. The Bertz CT molecular complexity index is 1440. The molecule has 2 heterocycles. The Morgan fingerprint density at radius 1 is 0.938 bits per heavy atom. The molecule has 0 amide bonds. The Labute approximate surface area is 199 Å². The second kappa shape index (κ2) is 8.94. The molecule has 0 bridgehead atoms. The van der Waals surface area contributed by atoms with E-state index in [0.29, 0.717) is 21.3 Å². The maximum atomic E-state index is 13.9. The van der Waals surface area contributed by atoms with Crippen LogP contribution in [0.4, 0.5) is 0 Å². The Balaban J connectivity index is 1.70. The van der Waals surface area contributed by atoms with Crippen LogP contribution in [0.5, 0.6) is 0 Å². The van der Waals surface area contributed by atoms with Crippen molar-refractivity contribution in [3.05, 3.63) is 111 Å². The van der Waals surface area contributed by atoms with Gasteiger partial charge in [-0.3, -0.25) is 9.36 Å². The SMILES string of the molecule is Cc1sc2nc(SCc3ccc(Cl)cc3)n(-c3ccccc3)c(=O)c2c1-c1ccccc1. The van der Waals surface area contributed by atoms with Crippen molar-refractivity contribution in [1.29, 1.82) is 0 Å². The van der Waals surface area contributed by atoms with Crippen molar-refractivity contribution in [3.8, 4) is 16.8 Å². The van der Waals surface area contributed by atoms with Crippen molar-refractivity contribution in [2.45, 2.75) is 17.8 Å². The van der Waals surface area contributed by atoms with Crippen LogP contribution < -0.4 is 5.56 Å². The summed E-state index contributed by atoms with van der Waals surface area (Å²) in [6, 6.07) is 27.6. The Kier molecular flexibility index (Phi) is 5.87. The predicted octanol–water partition coefficient (Wildman–Crippen LogP) is 7.37. The first kappa shape index (κ1) is 21.0. The van der Waals surface area contributed by atoms with Crippen LogP contribution in [0.3, 0.4) is 0 Å². The van der Waals surface area contributed by atoms with Crippen LogP contribution in [-0.4, -0.2) is 9.55 Å². The third kappa shape index (κ3) is 3.99. The number of halogens is 1. The summed E-state index contributed by atoms with van der Waals surface area (Å²) >= 11 is 9.16. The van der Waals surface area contributed by atoms with Crippen molar-refractivity contribution >= 4 is 44.9 Å². The van der Waals surface area contributed by atoms with E-state index in [1.807, 2.05) is 84.9 Å². The molecule has 0 N–H and O–H groups in total. The van der Waals surface area contributed by atoms with E-state index >= 15 is 0 Å². The van der Waals surface area contributed by atoms with Crippen LogP contribution in [0.25, 0.3) is 27.0 Å². The van der Waals surface area contributed by atoms with Gasteiger partial charge in [0.15, 0.2) is 5.16 Å². The lowest BCUT2D eigenvalue weighted by molar-refractivity contribution is 0.822. The van der Waals surface area contributed by atoms with E-state index in [2.05, 4.69) is 6.92 Å². The van der Waals surface area contributed by atoms with E-state index in [9.17, 15) is 4.79 Å². The van der Waals surface area contributed by atoms with Gasteiger partial charge >= 0.3 is 0 Å². The van der Waals surface area contributed by atoms with Crippen LogP contribution in [0.1, 0.15) is 10.4 Å². The van der Waals surface area contributed by atoms with Crippen LogP contribution in [0.15, 0.2) is 94.9 Å². The highest BCUT2D eigenvalue weighted by Gasteiger charge is 2.20. The summed E-state index contributed by atoms with van der Waals surface area (Å²) in [4.78, 5) is 20.8. The van der Waals surface area contributed by atoms with Crippen molar-refractivity contribution in [2.24, 2.45) is 0 Å². The summed E-state index contributed by atoms with van der Waals surface area (Å²) in [5, 5.41) is 2.07. The van der Waals surface area contributed by atoms with Gasteiger partial charge in [-0.1, -0.05) is 84.0 Å². The number of thiophene rings is 1. The lowest BCUT2D eigenvalue weighted by Crippen LogP contribution is -2.21. The average molecular weight is 475 g/mol. The summed E-state index contributed by atoms with van der Waals surface area (Å²) < 4.78 is 1.74. The minimum Gasteiger partial charge on any atom is -0.268 e. The first-order chi connectivity index (χ1) is 15.6. The molecule has 3 aromatic carbocycles. The van der Waals surface area contributed by atoms with Crippen molar-refractivity contribution in [3.63, 3.8) is 0 Å². The molecule has 0 saturated heterocycles. The summed E-state index contributed by atoms with van der Waals surface area (Å²) in [6.45, 7) is 2.06.